The van der Waals surface area contributed by atoms with Crippen molar-refractivity contribution in [2.75, 3.05) is 22.3 Å². The number of anilines is 3. The number of aromatic nitrogens is 1. The number of nitrogens with zero attached hydrogens (tertiary/aromatic N) is 3. The number of guanidine groups is 1. The number of fused-ring (bicyclic) bond motifs is 2. The van der Waals surface area contributed by atoms with Gasteiger partial charge in [-0.3, -0.25) is 19.8 Å². The summed E-state index contributed by atoms with van der Waals surface area (Å²) >= 11 is 0. The van der Waals surface area contributed by atoms with E-state index in [1.54, 1.807) is 30.3 Å². The molecule has 1 aromatic heterocycles. The van der Waals surface area contributed by atoms with E-state index in [2.05, 4.69) is 20.0 Å². The normalized spacial score (nSPS) is 11.4. The minimum atomic E-state index is -3.47. The van der Waals surface area contributed by atoms with Crippen LogP contribution in [-0.4, -0.2) is 36.6 Å². The van der Waals surface area contributed by atoms with Crippen molar-refractivity contribution in [2.24, 2.45) is 16.5 Å². The third kappa shape index (κ3) is 7.79. The lowest BCUT2D eigenvalue weighted by molar-refractivity contribution is -0.384. The summed E-state index contributed by atoms with van der Waals surface area (Å²) in [6.45, 7) is 0.621. The molecule has 0 saturated heterocycles. The van der Waals surface area contributed by atoms with Gasteiger partial charge in [-0.15, -0.1) is 0 Å². The molecule has 0 saturated carbocycles. The van der Waals surface area contributed by atoms with Crippen molar-refractivity contribution in [3.05, 3.63) is 76.8 Å². The first kappa shape index (κ1) is 28.6. The fourth-order valence-electron chi connectivity index (χ4n) is 4.45. The second-order valence-electron chi connectivity index (χ2n) is 9.51. The van der Waals surface area contributed by atoms with Crippen LogP contribution in [0.25, 0.3) is 21.8 Å². The monoisotopic (exact) mass is 563 g/mol. The number of nitrogens with two attached hydrogens (primary N) is 2. The van der Waals surface area contributed by atoms with Crippen LogP contribution in [0.3, 0.4) is 0 Å². The van der Waals surface area contributed by atoms with E-state index in [0.29, 0.717) is 29.7 Å². The summed E-state index contributed by atoms with van der Waals surface area (Å²) in [7, 11) is -3.47. The highest BCUT2D eigenvalue weighted by atomic mass is 32.2. The number of nitrogens with one attached hydrogen (secondary N) is 2. The van der Waals surface area contributed by atoms with Gasteiger partial charge in [-0.2, -0.15) is 0 Å². The molecule has 11 nitrogen and oxygen atoms in total. The second-order valence-corrected chi connectivity index (χ2v) is 11.4. The molecule has 0 radical (unpaired) electrons. The van der Waals surface area contributed by atoms with Crippen molar-refractivity contribution < 1.29 is 13.3 Å². The van der Waals surface area contributed by atoms with Gasteiger partial charge in [0.05, 0.1) is 27.4 Å². The zero-order chi connectivity index (χ0) is 28.5. The summed E-state index contributed by atoms with van der Waals surface area (Å²) in [5.41, 5.74) is 13.7. The highest BCUT2D eigenvalue weighted by Crippen LogP contribution is 2.34. The Morgan fingerprint density at radius 1 is 0.850 bits per heavy atom. The fraction of sp³-hybridized carbons (Fsp3) is 0.286. The van der Waals surface area contributed by atoms with E-state index in [4.69, 9.17) is 11.5 Å². The maximum atomic E-state index is 12.6. The molecule has 4 aromatic rings. The van der Waals surface area contributed by atoms with Crippen LogP contribution < -0.4 is 21.5 Å². The first-order valence-electron chi connectivity index (χ1n) is 13.1. The molecular formula is C28H33N7O4S. The zero-order valence-corrected chi connectivity index (χ0v) is 22.9. The van der Waals surface area contributed by atoms with Crippen LogP contribution in [0.1, 0.15) is 38.5 Å². The minimum Gasteiger partial charge on any atom is -0.370 e. The lowest BCUT2D eigenvalue weighted by atomic mass is 10.1. The van der Waals surface area contributed by atoms with Crippen molar-refractivity contribution in [3.8, 4) is 0 Å². The molecule has 210 valence electrons. The number of hydrogen-bond acceptors (Lipinski definition) is 7. The van der Waals surface area contributed by atoms with Gasteiger partial charge >= 0.3 is 0 Å². The number of rotatable bonds is 14. The molecule has 12 heteroatoms. The summed E-state index contributed by atoms with van der Waals surface area (Å²) in [4.78, 5) is 19.4. The molecule has 0 aliphatic heterocycles. The SMILES string of the molecule is NC(N)=NCCCCCCCCS(=O)(=O)Nc1ccc(Nc2c3ccccc3nc3cc([N+](=O)[O-])ccc23)cc1. The van der Waals surface area contributed by atoms with Crippen LogP contribution in [-0.2, 0) is 10.0 Å². The highest BCUT2D eigenvalue weighted by molar-refractivity contribution is 7.92. The van der Waals surface area contributed by atoms with Gasteiger partial charge in [-0.1, -0.05) is 43.9 Å². The lowest BCUT2D eigenvalue weighted by Crippen LogP contribution is -2.22. The van der Waals surface area contributed by atoms with Crippen LogP contribution >= 0.6 is 0 Å². The van der Waals surface area contributed by atoms with E-state index in [1.165, 1.54) is 12.1 Å². The molecule has 0 aliphatic rings. The van der Waals surface area contributed by atoms with Crippen molar-refractivity contribution in [1.29, 1.82) is 0 Å². The van der Waals surface area contributed by atoms with Gasteiger partial charge in [0.15, 0.2) is 5.96 Å². The number of hydrogen-bond donors (Lipinski definition) is 4. The van der Waals surface area contributed by atoms with Gasteiger partial charge in [0.25, 0.3) is 5.69 Å². The average Bonchev–Trinajstić information content (AvgIpc) is 2.92. The number of nitro groups is 1. The molecule has 0 aliphatic carbocycles. The fourth-order valence-corrected chi connectivity index (χ4v) is 5.63. The Morgan fingerprint density at radius 2 is 1.50 bits per heavy atom. The van der Waals surface area contributed by atoms with Crippen molar-refractivity contribution in [2.45, 2.75) is 38.5 Å². The Balaban J connectivity index is 1.36. The highest BCUT2D eigenvalue weighted by Gasteiger charge is 2.14. The number of non-ortho nitro benzene ring substituents is 1. The quantitative estimate of drug-likeness (QED) is 0.0393. The number of unbranched alkanes of at least 4 members (excludes halogenated alkanes) is 5. The van der Waals surface area contributed by atoms with Crippen molar-refractivity contribution in [1.82, 2.24) is 4.98 Å². The number of nitro benzene ring substituents is 1. The molecule has 3 aromatic carbocycles. The molecular weight excluding hydrogens is 530 g/mol. The van der Waals surface area contributed by atoms with Gasteiger partial charge in [0.1, 0.15) is 0 Å². The first-order valence-corrected chi connectivity index (χ1v) is 14.8. The molecule has 40 heavy (non-hydrogen) atoms. The van der Waals surface area contributed by atoms with E-state index in [1.807, 2.05) is 24.3 Å². The molecule has 6 N–H and O–H groups in total. The number of para-hydroxylation sites is 1. The molecule has 0 fully saturated rings. The molecule has 0 spiro atoms. The summed E-state index contributed by atoms with van der Waals surface area (Å²) in [6.07, 6.45) is 5.32. The van der Waals surface area contributed by atoms with Crippen LogP contribution in [0.5, 0.6) is 0 Å². The largest absolute Gasteiger partial charge is 0.370 e. The van der Waals surface area contributed by atoms with Crippen LogP contribution in [0.15, 0.2) is 71.7 Å². The molecule has 0 unspecified atom stereocenters. The van der Waals surface area contributed by atoms with Gasteiger partial charge < -0.3 is 16.8 Å². The predicted molar refractivity (Wildman–Crippen MR) is 161 cm³/mol. The standard InChI is InChI=1S/C28H33N7O4S/c29-28(30)31-17-7-3-1-2-4-8-18-40(38,39)34-21-13-11-20(12-14-21)32-27-23-9-5-6-10-25(23)33-26-19-22(35(36)37)15-16-24(26)27/h5-6,9-16,19,34H,1-4,7-8,17-18H2,(H,32,33)(H4,29,30,31). The first-order chi connectivity index (χ1) is 19.2. The summed E-state index contributed by atoms with van der Waals surface area (Å²) in [5, 5.41) is 16.3. The van der Waals surface area contributed by atoms with Gasteiger partial charge in [-0.05, 0) is 49.2 Å². The van der Waals surface area contributed by atoms with E-state index in [-0.39, 0.29) is 17.4 Å². The number of benzene rings is 3. The Bertz CT molecular complexity index is 1620. The lowest BCUT2D eigenvalue weighted by Gasteiger charge is -2.14. The Morgan fingerprint density at radius 3 is 2.23 bits per heavy atom. The maximum Gasteiger partial charge on any atom is 0.271 e. The molecule has 1 heterocycles. The van der Waals surface area contributed by atoms with E-state index < -0.39 is 14.9 Å². The van der Waals surface area contributed by atoms with Crippen LogP contribution in [0.4, 0.5) is 22.7 Å². The van der Waals surface area contributed by atoms with Gasteiger partial charge in [-0.25, -0.2) is 13.4 Å². The van der Waals surface area contributed by atoms with Crippen LogP contribution in [0, 0.1) is 10.1 Å². The van der Waals surface area contributed by atoms with E-state index >= 15 is 0 Å². The van der Waals surface area contributed by atoms with Crippen molar-refractivity contribution in [3.63, 3.8) is 0 Å². The van der Waals surface area contributed by atoms with Gasteiger partial charge in [0.2, 0.25) is 10.0 Å². The minimum absolute atomic E-state index is 0.0302. The Kier molecular flexibility index (Phi) is 9.33. The number of sulfonamides is 1. The number of aliphatic imine (C=N–C) groups is 1. The third-order valence-electron chi connectivity index (χ3n) is 6.42. The molecule has 0 atom stereocenters. The average molecular weight is 564 g/mol. The second kappa shape index (κ2) is 13.1. The maximum absolute atomic E-state index is 12.6. The third-order valence-corrected chi connectivity index (χ3v) is 7.79. The van der Waals surface area contributed by atoms with Gasteiger partial charge in [0, 0.05) is 40.8 Å². The van der Waals surface area contributed by atoms with E-state index in [9.17, 15) is 18.5 Å². The molecule has 0 amide bonds. The topological polar surface area (TPSA) is 179 Å². The molecule has 4 rings (SSSR count). The Labute approximate surface area is 232 Å². The van der Waals surface area contributed by atoms with Crippen LogP contribution in [0.2, 0.25) is 0 Å². The summed E-state index contributed by atoms with van der Waals surface area (Å²) in [6, 6.07) is 19.1. The predicted octanol–water partition coefficient (Wildman–Crippen LogP) is 5.40. The summed E-state index contributed by atoms with van der Waals surface area (Å²) < 4.78 is 27.8. The molecule has 0 bridgehead atoms. The zero-order valence-electron chi connectivity index (χ0n) is 22.0. The Hall–Kier alpha value is -4.45. The van der Waals surface area contributed by atoms with Crippen molar-refractivity contribution >= 4 is 60.5 Å². The van der Waals surface area contributed by atoms with E-state index in [0.717, 1.165) is 54.3 Å². The summed E-state index contributed by atoms with van der Waals surface area (Å²) in [5.74, 6) is 0.164. The smallest absolute Gasteiger partial charge is 0.271 e. The number of pyridine rings is 1.